The van der Waals surface area contributed by atoms with E-state index in [1.165, 1.54) is 30.5 Å². The maximum atomic E-state index is 13.0. The van der Waals surface area contributed by atoms with Crippen molar-refractivity contribution in [3.05, 3.63) is 59.2 Å². The lowest BCUT2D eigenvalue weighted by Crippen LogP contribution is -2.37. The smallest absolute Gasteiger partial charge is 0.280 e. The highest BCUT2D eigenvalue weighted by Crippen LogP contribution is 2.21. The average Bonchev–Trinajstić information content (AvgIpc) is 2.76. The van der Waals surface area contributed by atoms with Crippen LogP contribution in [0.2, 0.25) is 0 Å². The zero-order valence-corrected chi connectivity index (χ0v) is 12.2. The van der Waals surface area contributed by atoms with Crippen LogP contribution in [0.4, 0.5) is 10.1 Å². The van der Waals surface area contributed by atoms with Gasteiger partial charge in [-0.3, -0.25) is 24.3 Å². The fourth-order valence-corrected chi connectivity index (χ4v) is 2.36. The Kier molecular flexibility index (Phi) is 3.61. The number of hydrogen-bond donors (Lipinski definition) is 1. The highest BCUT2D eigenvalue weighted by molar-refractivity contribution is 6.21. The Bertz CT molecular complexity index is 800. The Hall–Kier alpha value is -3.09. The number of fused-ring (bicyclic) bond motifs is 1. The predicted octanol–water partition coefficient (Wildman–Crippen LogP) is 1.76. The first-order valence-corrected chi connectivity index (χ1v) is 6.84. The molecule has 0 saturated heterocycles. The number of aryl methyl sites for hydroxylation is 1. The molecule has 6 nitrogen and oxygen atoms in total. The third-order valence-electron chi connectivity index (χ3n) is 3.50. The van der Waals surface area contributed by atoms with Gasteiger partial charge in [0.2, 0.25) is 5.91 Å². The molecule has 1 N–H and O–H groups in total. The molecule has 0 radical (unpaired) electrons. The molecule has 0 fully saturated rings. The number of aromatic nitrogens is 1. The van der Waals surface area contributed by atoms with Gasteiger partial charge in [0.15, 0.2) is 0 Å². The maximum absolute atomic E-state index is 13.0. The number of nitrogens with one attached hydrogen (secondary N) is 1. The van der Waals surface area contributed by atoms with Gasteiger partial charge in [-0.25, -0.2) is 4.39 Å². The third-order valence-corrected chi connectivity index (χ3v) is 3.50. The number of rotatable bonds is 3. The summed E-state index contributed by atoms with van der Waals surface area (Å²) in [5.74, 6) is -2.11. The van der Waals surface area contributed by atoms with Gasteiger partial charge in [0.25, 0.3) is 11.8 Å². The zero-order valence-electron chi connectivity index (χ0n) is 12.2. The summed E-state index contributed by atoms with van der Waals surface area (Å²) >= 11 is 0. The van der Waals surface area contributed by atoms with Crippen molar-refractivity contribution >= 4 is 23.4 Å². The number of imide groups is 1. The predicted molar refractivity (Wildman–Crippen MR) is 79.4 cm³/mol. The van der Waals surface area contributed by atoms with E-state index >= 15 is 0 Å². The van der Waals surface area contributed by atoms with Crippen molar-refractivity contribution in [1.29, 1.82) is 0 Å². The van der Waals surface area contributed by atoms with Crippen LogP contribution in [0.5, 0.6) is 0 Å². The van der Waals surface area contributed by atoms with E-state index in [1.807, 2.05) is 0 Å². The molecule has 1 aliphatic heterocycles. The second-order valence-electron chi connectivity index (χ2n) is 5.10. The summed E-state index contributed by atoms with van der Waals surface area (Å²) in [5.41, 5.74) is 1.19. The van der Waals surface area contributed by atoms with Crippen LogP contribution in [0, 0.1) is 12.7 Å². The van der Waals surface area contributed by atoms with Crippen LogP contribution >= 0.6 is 0 Å². The van der Waals surface area contributed by atoms with Crippen LogP contribution in [0.1, 0.15) is 26.4 Å². The average molecular weight is 313 g/mol. The molecule has 0 saturated carbocycles. The number of carbonyl (C=O) groups is 3. The number of amides is 3. The van der Waals surface area contributed by atoms with E-state index in [2.05, 4.69) is 10.3 Å². The summed E-state index contributed by atoms with van der Waals surface area (Å²) in [6.45, 7) is 1.22. The lowest BCUT2D eigenvalue weighted by molar-refractivity contribution is -0.116. The summed E-state index contributed by atoms with van der Waals surface area (Å²) in [4.78, 5) is 41.0. The topological polar surface area (TPSA) is 79.4 Å². The molecule has 116 valence electrons. The number of carbonyl (C=O) groups excluding carboxylic acids is 3. The van der Waals surface area contributed by atoms with E-state index in [-0.39, 0.29) is 11.3 Å². The molecule has 7 heteroatoms. The molecule has 0 aliphatic carbocycles. The minimum atomic E-state index is -0.600. The maximum Gasteiger partial charge on any atom is 0.280 e. The molecule has 1 aliphatic rings. The number of nitrogens with zero attached hydrogens (tertiary/aromatic N) is 2. The summed E-state index contributed by atoms with van der Waals surface area (Å²) in [6, 6.07) is 6.96. The molecule has 2 aromatic rings. The fraction of sp³-hybridized carbons (Fsp3) is 0.125. The standard InChI is InChI=1S/C16H12FN3O3/c1-9-7-10(17)4-5-12(9)19-13(21)8-20-15(22)11-3-2-6-18-14(11)16(20)23/h2-7H,8H2,1H3,(H,19,21). The summed E-state index contributed by atoms with van der Waals surface area (Å²) in [5, 5.41) is 2.56. The molecule has 2 heterocycles. The second-order valence-corrected chi connectivity index (χ2v) is 5.10. The quantitative estimate of drug-likeness (QED) is 0.876. The molecule has 1 aromatic heterocycles. The van der Waals surface area contributed by atoms with Crippen LogP contribution in [-0.4, -0.2) is 34.2 Å². The van der Waals surface area contributed by atoms with Crippen LogP contribution in [0.25, 0.3) is 0 Å². The van der Waals surface area contributed by atoms with E-state index < -0.39 is 30.1 Å². The van der Waals surface area contributed by atoms with Gasteiger partial charge < -0.3 is 5.32 Å². The zero-order chi connectivity index (χ0) is 16.6. The number of hydrogen-bond acceptors (Lipinski definition) is 4. The Balaban J connectivity index is 1.74. The first kappa shape index (κ1) is 14.8. The first-order valence-electron chi connectivity index (χ1n) is 6.84. The molecule has 23 heavy (non-hydrogen) atoms. The van der Waals surface area contributed by atoms with Crippen molar-refractivity contribution in [3.63, 3.8) is 0 Å². The highest BCUT2D eigenvalue weighted by Gasteiger charge is 2.37. The number of benzene rings is 1. The molecular formula is C16H12FN3O3. The molecule has 0 bridgehead atoms. The lowest BCUT2D eigenvalue weighted by atomic mass is 10.2. The number of anilines is 1. The monoisotopic (exact) mass is 313 g/mol. The molecular weight excluding hydrogens is 301 g/mol. The second kappa shape index (κ2) is 5.60. The largest absolute Gasteiger partial charge is 0.324 e. The minimum absolute atomic E-state index is 0.0447. The first-order chi connectivity index (χ1) is 11.0. The van der Waals surface area contributed by atoms with Gasteiger partial charge in [-0.1, -0.05) is 0 Å². The van der Waals surface area contributed by atoms with Crippen LogP contribution in [-0.2, 0) is 4.79 Å². The van der Waals surface area contributed by atoms with Crippen molar-refractivity contribution in [1.82, 2.24) is 9.88 Å². The molecule has 0 atom stereocenters. The minimum Gasteiger partial charge on any atom is -0.324 e. The van der Waals surface area contributed by atoms with Gasteiger partial charge >= 0.3 is 0 Å². The number of halogens is 1. The van der Waals surface area contributed by atoms with E-state index in [0.29, 0.717) is 11.3 Å². The van der Waals surface area contributed by atoms with E-state index in [4.69, 9.17) is 0 Å². The summed E-state index contributed by atoms with van der Waals surface area (Å²) in [7, 11) is 0. The van der Waals surface area contributed by atoms with Gasteiger partial charge in [0.1, 0.15) is 18.1 Å². The molecule has 3 rings (SSSR count). The number of pyridine rings is 1. The molecule has 0 unspecified atom stereocenters. The van der Waals surface area contributed by atoms with Crippen molar-refractivity contribution in [2.24, 2.45) is 0 Å². The molecule has 0 spiro atoms. The van der Waals surface area contributed by atoms with E-state index in [0.717, 1.165) is 4.90 Å². The van der Waals surface area contributed by atoms with E-state index in [1.54, 1.807) is 13.0 Å². The molecule has 1 aromatic carbocycles. The summed E-state index contributed by atoms with van der Waals surface area (Å²) < 4.78 is 13.0. The summed E-state index contributed by atoms with van der Waals surface area (Å²) in [6.07, 6.45) is 1.41. The Morgan fingerprint density at radius 2 is 2.04 bits per heavy atom. The van der Waals surface area contributed by atoms with Gasteiger partial charge in [0.05, 0.1) is 5.56 Å². The Morgan fingerprint density at radius 3 is 2.74 bits per heavy atom. The van der Waals surface area contributed by atoms with Gasteiger partial charge in [-0.15, -0.1) is 0 Å². The van der Waals surface area contributed by atoms with Crippen LogP contribution in [0.3, 0.4) is 0 Å². The van der Waals surface area contributed by atoms with Crippen molar-refractivity contribution in [3.8, 4) is 0 Å². The lowest BCUT2D eigenvalue weighted by Gasteiger charge is -2.14. The normalized spacial score (nSPS) is 13.2. The van der Waals surface area contributed by atoms with Crippen molar-refractivity contribution < 1.29 is 18.8 Å². The van der Waals surface area contributed by atoms with Crippen molar-refractivity contribution in [2.45, 2.75) is 6.92 Å². The Labute approximate surface area is 130 Å². The van der Waals surface area contributed by atoms with Crippen LogP contribution in [0.15, 0.2) is 36.5 Å². The van der Waals surface area contributed by atoms with Crippen molar-refractivity contribution in [2.75, 3.05) is 11.9 Å². The van der Waals surface area contributed by atoms with Gasteiger partial charge in [0, 0.05) is 11.9 Å². The van der Waals surface area contributed by atoms with E-state index in [9.17, 15) is 18.8 Å². The third kappa shape index (κ3) is 2.68. The Morgan fingerprint density at radius 1 is 1.26 bits per heavy atom. The van der Waals surface area contributed by atoms with Crippen LogP contribution < -0.4 is 5.32 Å². The molecule has 3 amide bonds. The fourth-order valence-electron chi connectivity index (χ4n) is 2.36. The van der Waals surface area contributed by atoms with Gasteiger partial charge in [-0.2, -0.15) is 0 Å². The SMILES string of the molecule is Cc1cc(F)ccc1NC(=O)CN1C(=O)c2cccnc2C1=O. The van der Waals surface area contributed by atoms with Gasteiger partial charge in [-0.05, 0) is 42.8 Å². The highest BCUT2D eigenvalue weighted by atomic mass is 19.1.